The minimum atomic E-state index is 0.0137. The molecular weight excluding hydrogens is 238 g/mol. The quantitative estimate of drug-likeness (QED) is 0.779. The fourth-order valence-electron chi connectivity index (χ4n) is 2.27. The number of fused-ring (bicyclic) bond motifs is 1. The Bertz CT molecular complexity index is 505. The SMILES string of the molecule is CC(CO)C1=C(C(C)CO)Nc2ccccc2C=C1. The number of aliphatic hydroxyl groups is 2. The molecule has 1 aliphatic rings. The van der Waals surface area contributed by atoms with Gasteiger partial charge in [-0.05, 0) is 17.2 Å². The number of hydrogen-bond donors (Lipinski definition) is 3. The highest BCUT2D eigenvalue weighted by atomic mass is 16.3. The van der Waals surface area contributed by atoms with E-state index in [4.69, 9.17) is 0 Å². The van der Waals surface area contributed by atoms with Crippen LogP contribution in [0.1, 0.15) is 19.4 Å². The maximum absolute atomic E-state index is 9.44. The van der Waals surface area contributed by atoms with E-state index in [-0.39, 0.29) is 25.0 Å². The van der Waals surface area contributed by atoms with Gasteiger partial charge in [-0.3, -0.25) is 0 Å². The van der Waals surface area contributed by atoms with Crippen molar-refractivity contribution in [2.45, 2.75) is 13.8 Å². The maximum Gasteiger partial charge on any atom is 0.0511 e. The van der Waals surface area contributed by atoms with Gasteiger partial charge in [-0.15, -0.1) is 0 Å². The first-order valence-electron chi connectivity index (χ1n) is 6.67. The second-order valence-electron chi connectivity index (χ2n) is 5.08. The lowest BCUT2D eigenvalue weighted by Crippen LogP contribution is -2.18. The average Bonchev–Trinajstić information content (AvgIpc) is 2.65. The molecule has 3 nitrogen and oxygen atoms in total. The first-order valence-corrected chi connectivity index (χ1v) is 6.67. The molecule has 1 heterocycles. The zero-order valence-electron chi connectivity index (χ0n) is 11.4. The summed E-state index contributed by atoms with van der Waals surface area (Å²) in [6.45, 7) is 4.15. The molecule has 0 saturated heterocycles. The lowest BCUT2D eigenvalue weighted by Gasteiger charge is -2.22. The van der Waals surface area contributed by atoms with Gasteiger partial charge in [0.1, 0.15) is 0 Å². The van der Waals surface area contributed by atoms with Crippen LogP contribution < -0.4 is 5.32 Å². The predicted octanol–water partition coefficient (Wildman–Crippen LogP) is 2.64. The van der Waals surface area contributed by atoms with E-state index in [2.05, 4.69) is 11.4 Å². The molecule has 3 heteroatoms. The molecule has 2 unspecified atom stereocenters. The van der Waals surface area contributed by atoms with Crippen molar-refractivity contribution >= 4 is 11.8 Å². The van der Waals surface area contributed by atoms with Crippen LogP contribution in [0.2, 0.25) is 0 Å². The van der Waals surface area contributed by atoms with E-state index in [9.17, 15) is 10.2 Å². The molecule has 0 aliphatic carbocycles. The van der Waals surface area contributed by atoms with Gasteiger partial charge in [-0.25, -0.2) is 0 Å². The number of para-hydroxylation sites is 1. The third-order valence-corrected chi connectivity index (χ3v) is 3.56. The zero-order valence-corrected chi connectivity index (χ0v) is 11.4. The number of aliphatic hydroxyl groups excluding tert-OH is 2. The molecule has 0 radical (unpaired) electrons. The van der Waals surface area contributed by atoms with Crippen LogP contribution in [0, 0.1) is 11.8 Å². The molecule has 0 bridgehead atoms. The maximum atomic E-state index is 9.44. The zero-order chi connectivity index (χ0) is 13.8. The summed E-state index contributed by atoms with van der Waals surface area (Å²) in [7, 11) is 0. The van der Waals surface area contributed by atoms with Gasteiger partial charge in [0.15, 0.2) is 0 Å². The monoisotopic (exact) mass is 259 g/mol. The van der Waals surface area contributed by atoms with Crippen LogP contribution in [0.5, 0.6) is 0 Å². The largest absolute Gasteiger partial charge is 0.396 e. The molecule has 3 N–H and O–H groups in total. The lowest BCUT2D eigenvalue weighted by molar-refractivity contribution is 0.246. The Hall–Kier alpha value is -1.58. The van der Waals surface area contributed by atoms with Crippen molar-refractivity contribution in [2.24, 2.45) is 11.8 Å². The normalized spacial score (nSPS) is 17.5. The highest BCUT2D eigenvalue weighted by Crippen LogP contribution is 2.30. The van der Waals surface area contributed by atoms with Gasteiger partial charge in [0.05, 0.1) is 6.61 Å². The second kappa shape index (κ2) is 6.04. The molecular formula is C16H21NO2. The first-order chi connectivity index (χ1) is 9.17. The highest BCUT2D eigenvalue weighted by Gasteiger charge is 2.19. The topological polar surface area (TPSA) is 52.5 Å². The minimum absolute atomic E-state index is 0.0137. The van der Waals surface area contributed by atoms with Gasteiger partial charge >= 0.3 is 0 Å². The summed E-state index contributed by atoms with van der Waals surface area (Å²) in [5.41, 5.74) is 4.20. The van der Waals surface area contributed by atoms with E-state index >= 15 is 0 Å². The summed E-state index contributed by atoms with van der Waals surface area (Å²) in [5.74, 6) is 0.0573. The van der Waals surface area contributed by atoms with E-state index in [0.29, 0.717) is 0 Å². The van der Waals surface area contributed by atoms with Gasteiger partial charge in [0.2, 0.25) is 0 Å². The van der Waals surface area contributed by atoms with Crippen LogP contribution in [0.15, 0.2) is 41.6 Å². The molecule has 2 rings (SSSR count). The molecule has 19 heavy (non-hydrogen) atoms. The van der Waals surface area contributed by atoms with Gasteiger partial charge in [0, 0.05) is 29.8 Å². The second-order valence-corrected chi connectivity index (χ2v) is 5.08. The Balaban J connectivity index is 2.47. The predicted molar refractivity (Wildman–Crippen MR) is 78.6 cm³/mol. The van der Waals surface area contributed by atoms with Crippen molar-refractivity contribution in [3.05, 3.63) is 47.2 Å². The van der Waals surface area contributed by atoms with Crippen LogP contribution in [-0.2, 0) is 0 Å². The minimum Gasteiger partial charge on any atom is -0.396 e. The number of nitrogens with one attached hydrogen (secondary N) is 1. The number of benzene rings is 1. The number of anilines is 1. The molecule has 0 amide bonds. The molecule has 102 valence electrons. The van der Waals surface area contributed by atoms with E-state index < -0.39 is 0 Å². The third kappa shape index (κ3) is 2.88. The van der Waals surface area contributed by atoms with Crippen molar-refractivity contribution in [3.63, 3.8) is 0 Å². The summed E-state index contributed by atoms with van der Waals surface area (Å²) in [6.07, 6.45) is 4.10. The summed E-state index contributed by atoms with van der Waals surface area (Å²) < 4.78 is 0. The lowest BCUT2D eigenvalue weighted by atomic mass is 9.94. The van der Waals surface area contributed by atoms with Crippen LogP contribution in [0.4, 0.5) is 5.69 Å². The van der Waals surface area contributed by atoms with Gasteiger partial charge < -0.3 is 15.5 Å². The number of hydrogen-bond acceptors (Lipinski definition) is 3. The fraction of sp³-hybridized carbons (Fsp3) is 0.375. The highest BCUT2D eigenvalue weighted by molar-refractivity contribution is 5.72. The number of rotatable bonds is 4. The molecule has 1 aromatic carbocycles. The van der Waals surface area contributed by atoms with Crippen LogP contribution in [0.25, 0.3) is 6.08 Å². The fourth-order valence-corrected chi connectivity index (χ4v) is 2.27. The van der Waals surface area contributed by atoms with Gasteiger partial charge in [-0.1, -0.05) is 44.2 Å². The Kier molecular flexibility index (Phi) is 4.40. The summed E-state index contributed by atoms with van der Waals surface area (Å²) in [5, 5.41) is 22.3. The van der Waals surface area contributed by atoms with Crippen LogP contribution >= 0.6 is 0 Å². The Morgan fingerprint density at radius 3 is 2.37 bits per heavy atom. The van der Waals surface area contributed by atoms with E-state index in [0.717, 1.165) is 22.5 Å². The standard InChI is InChI=1S/C16H21NO2/c1-11(9-18)14-8-7-13-5-3-4-6-15(13)17-16(14)12(2)10-19/h3-8,11-12,17-19H,9-10H2,1-2H3. The first kappa shape index (κ1) is 13.8. The summed E-state index contributed by atoms with van der Waals surface area (Å²) in [4.78, 5) is 0. The summed E-state index contributed by atoms with van der Waals surface area (Å²) >= 11 is 0. The van der Waals surface area contributed by atoms with Crippen molar-refractivity contribution in [2.75, 3.05) is 18.5 Å². The van der Waals surface area contributed by atoms with Crippen molar-refractivity contribution < 1.29 is 10.2 Å². The van der Waals surface area contributed by atoms with Gasteiger partial charge in [0.25, 0.3) is 0 Å². The van der Waals surface area contributed by atoms with Crippen molar-refractivity contribution in [3.8, 4) is 0 Å². The smallest absolute Gasteiger partial charge is 0.0511 e. The molecule has 0 fully saturated rings. The van der Waals surface area contributed by atoms with Crippen LogP contribution in [-0.4, -0.2) is 23.4 Å². The van der Waals surface area contributed by atoms with E-state index in [1.165, 1.54) is 0 Å². The van der Waals surface area contributed by atoms with Gasteiger partial charge in [-0.2, -0.15) is 0 Å². The van der Waals surface area contributed by atoms with Crippen molar-refractivity contribution in [1.82, 2.24) is 0 Å². The molecule has 2 atom stereocenters. The van der Waals surface area contributed by atoms with E-state index in [1.807, 2.05) is 44.2 Å². The average molecular weight is 259 g/mol. The van der Waals surface area contributed by atoms with Crippen molar-refractivity contribution in [1.29, 1.82) is 0 Å². The van der Waals surface area contributed by atoms with Crippen LogP contribution in [0.3, 0.4) is 0 Å². The number of allylic oxidation sites excluding steroid dienone is 1. The van der Waals surface area contributed by atoms with E-state index in [1.54, 1.807) is 0 Å². The molecule has 0 aromatic heterocycles. The Morgan fingerprint density at radius 1 is 1.00 bits per heavy atom. The summed E-state index contributed by atoms with van der Waals surface area (Å²) in [6, 6.07) is 8.06. The molecule has 0 spiro atoms. The molecule has 0 saturated carbocycles. The Labute approximate surface area is 114 Å². The molecule has 1 aliphatic heterocycles. The third-order valence-electron chi connectivity index (χ3n) is 3.56. The Morgan fingerprint density at radius 2 is 1.68 bits per heavy atom. The molecule has 1 aromatic rings.